The minimum atomic E-state index is -0.558. The highest BCUT2D eigenvalue weighted by molar-refractivity contribution is 5.86. The van der Waals surface area contributed by atoms with E-state index in [0.717, 1.165) is 12.4 Å². The predicted octanol–water partition coefficient (Wildman–Crippen LogP) is 1.78. The molecule has 0 radical (unpaired) electrons. The fourth-order valence-corrected chi connectivity index (χ4v) is 1.52. The number of nitrogens with two attached hydrogens (primary N) is 1. The van der Waals surface area contributed by atoms with Gasteiger partial charge in [-0.05, 0) is 20.8 Å². The zero-order valence-corrected chi connectivity index (χ0v) is 11.4. The molecule has 1 aromatic heterocycles. The highest BCUT2D eigenvalue weighted by Gasteiger charge is 2.40. The van der Waals surface area contributed by atoms with E-state index < -0.39 is 11.0 Å². The standard InChI is InChI=1S/C13H23N3O/c1-6-16-8-7-15-11(16)9-10(17)12(2,3)13(4,5)14/h7-8H,6,9,14H2,1-5H3. The van der Waals surface area contributed by atoms with Crippen LogP contribution in [0.5, 0.6) is 0 Å². The monoisotopic (exact) mass is 237 g/mol. The van der Waals surface area contributed by atoms with E-state index >= 15 is 0 Å². The summed E-state index contributed by atoms with van der Waals surface area (Å²) in [4.78, 5) is 16.5. The number of hydrogen-bond acceptors (Lipinski definition) is 3. The van der Waals surface area contributed by atoms with E-state index in [4.69, 9.17) is 5.73 Å². The molecule has 4 nitrogen and oxygen atoms in total. The SMILES string of the molecule is CCn1ccnc1CC(=O)C(C)(C)C(C)(C)N. The molecule has 17 heavy (non-hydrogen) atoms. The quantitative estimate of drug-likeness (QED) is 0.849. The van der Waals surface area contributed by atoms with Crippen molar-refractivity contribution in [1.29, 1.82) is 0 Å². The molecule has 0 spiro atoms. The van der Waals surface area contributed by atoms with Gasteiger partial charge in [-0.1, -0.05) is 13.8 Å². The van der Waals surface area contributed by atoms with Crippen LogP contribution >= 0.6 is 0 Å². The Hall–Kier alpha value is -1.16. The molecule has 0 bridgehead atoms. The molecule has 0 aliphatic heterocycles. The molecule has 96 valence electrons. The van der Waals surface area contributed by atoms with Crippen LogP contribution in [0.1, 0.15) is 40.4 Å². The van der Waals surface area contributed by atoms with Crippen molar-refractivity contribution in [3.05, 3.63) is 18.2 Å². The molecule has 0 atom stereocenters. The highest BCUT2D eigenvalue weighted by atomic mass is 16.1. The Morgan fingerprint density at radius 1 is 1.41 bits per heavy atom. The van der Waals surface area contributed by atoms with Gasteiger partial charge in [0.15, 0.2) is 0 Å². The number of Topliss-reactive ketones (excluding diaryl/α,β-unsaturated/α-hetero) is 1. The molecule has 1 aromatic rings. The second-order valence-electron chi connectivity index (χ2n) is 5.58. The first-order valence-corrected chi connectivity index (χ1v) is 6.02. The van der Waals surface area contributed by atoms with Crippen molar-refractivity contribution < 1.29 is 4.79 Å². The Labute approximate surface area is 103 Å². The smallest absolute Gasteiger partial charge is 0.147 e. The van der Waals surface area contributed by atoms with Gasteiger partial charge in [-0.3, -0.25) is 4.79 Å². The lowest BCUT2D eigenvalue weighted by Crippen LogP contribution is -2.52. The summed E-state index contributed by atoms with van der Waals surface area (Å²) < 4.78 is 1.98. The number of ketones is 1. The van der Waals surface area contributed by atoms with Gasteiger partial charge in [0.25, 0.3) is 0 Å². The van der Waals surface area contributed by atoms with E-state index in [2.05, 4.69) is 4.98 Å². The van der Waals surface area contributed by atoms with Gasteiger partial charge in [0, 0.05) is 29.9 Å². The van der Waals surface area contributed by atoms with Gasteiger partial charge in [0.05, 0.1) is 6.42 Å². The summed E-state index contributed by atoms with van der Waals surface area (Å²) in [6, 6.07) is 0. The number of hydrogen-bond donors (Lipinski definition) is 1. The summed E-state index contributed by atoms with van der Waals surface area (Å²) in [6.07, 6.45) is 3.96. The van der Waals surface area contributed by atoms with Crippen LogP contribution in [-0.2, 0) is 17.8 Å². The highest BCUT2D eigenvalue weighted by Crippen LogP contribution is 2.30. The van der Waals surface area contributed by atoms with Crippen LogP contribution in [0.15, 0.2) is 12.4 Å². The van der Waals surface area contributed by atoms with Gasteiger partial charge in [-0.25, -0.2) is 4.98 Å². The molecule has 0 fully saturated rings. The molecule has 1 heterocycles. The van der Waals surface area contributed by atoms with E-state index in [-0.39, 0.29) is 5.78 Å². The molecule has 0 aromatic carbocycles. The summed E-state index contributed by atoms with van der Waals surface area (Å²) in [7, 11) is 0. The van der Waals surface area contributed by atoms with Gasteiger partial charge in [0.1, 0.15) is 11.6 Å². The molecule has 4 heteroatoms. The van der Waals surface area contributed by atoms with Crippen LogP contribution in [0.4, 0.5) is 0 Å². The van der Waals surface area contributed by atoms with Gasteiger partial charge in [-0.2, -0.15) is 0 Å². The van der Waals surface area contributed by atoms with Crippen molar-refractivity contribution in [1.82, 2.24) is 9.55 Å². The van der Waals surface area contributed by atoms with Crippen LogP contribution in [0, 0.1) is 5.41 Å². The maximum absolute atomic E-state index is 12.3. The Bertz CT molecular complexity index is 399. The van der Waals surface area contributed by atoms with Gasteiger partial charge in [0.2, 0.25) is 0 Å². The first-order chi connectivity index (χ1) is 7.70. The maximum atomic E-state index is 12.3. The van der Waals surface area contributed by atoms with Crippen molar-refractivity contribution >= 4 is 5.78 Å². The summed E-state index contributed by atoms with van der Waals surface area (Å²) in [5, 5.41) is 0. The van der Waals surface area contributed by atoms with Crippen LogP contribution in [0.2, 0.25) is 0 Å². The summed E-state index contributed by atoms with van der Waals surface area (Å²) in [5.74, 6) is 0.945. The first kappa shape index (κ1) is 13.9. The van der Waals surface area contributed by atoms with Crippen molar-refractivity contribution in [2.75, 3.05) is 0 Å². The lowest BCUT2D eigenvalue weighted by atomic mass is 9.71. The number of aryl methyl sites for hydroxylation is 1. The molecule has 0 aliphatic carbocycles. The summed E-state index contributed by atoms with van der Waals surface area (Å²) in [6.45, 7) is 10.4. The maximum Gasteiger partial charge on any atom is 0.147 e. The summed E-state index contributed by atoms with van der Waals surface area (Å²) >= 11 is 0. The van der Waals surface area contributed by atoms with Gasteiger partial charge < -0.3 is 10.3 Å². The average Bonchev–Trinajstić information content (AvgIpc) is 2.63. The normalized spacial score (nSPS) is 12.8. The van der Waals surface area contributed by atoms with Gasteiger partial charge >= 0.3 is 0 Å². The van der Waals surface area contributed by atoms with E-state index in [1.807, 2.05) is 45.4 Å². The molecule has 0 unspecified atom stereocenters. The fraction of sp³-hybridized carbons (Fsp3) is 0.692. The van der Waals surface area contributed by atoms with Crippen LogP contribution in [0.3, 0.4) is 0 Å². The zero-order valence-electron chi connectivity index (χ0n) is 11.4. The van der Waals surface area contributed by atoms with Crippen molar-refractivity contribution in [3.8, 4) is 0 Å². The number of rotatable bonds is 5. The number of imidazole rings is 1. The second kappa shape index (κ2) is 4.61. The zero-order chi connectivity index (χ0) is 13.3. The third-order valence-electron chi connectivity index (χ3n) is 3.77. The number of nitrogens with zero attached hydrogens (tertiary/aromatic N) is 2. The summed E-state index contributed by atoms with van der Waals surface area (Å²) in [5.41, 5.74) is 4.97. The Balaban J connectivity index is 2.87. The Morgan fingerprint density at radius 2 is 2.00 bits per heavy atom. The third-order valence-corrected chi connectivity index (χ3v) is 3.77. The van der Waals surface area contributed by atoms with E-state index in [1.165, 1.54) is 0 Å². The molecular weight excluding hydrogens is 214 g/mol. The van der Waals surface area contributed by atoms with Crippen molar-refractivity contribution in [2.24, 2.45) is 11.1 Å². The third kappa shape index (κ3) is 2.75. The molecule has 1 rings (SSSR count). The van der Waals surface area contributed by atoms with Crippen LogP contribution < -0.4 is 5.73 Å². The molecule has 2 N–H and O–H groups in total. The van der Waals surface area contributed by atoms with E-state index in [9.17, 15) is 4.79 Å². The number of aromatic nitrogens is 2. The topological polar surface area (TPSA) is 60.9 Å². The number of carbonyl (C=O) groups excluding carboxylic acids is 1. The minimum absolute atomic E-state index is 0.130. The van der Waals surface area contributed by atoms with E-state index in [1.54, 1.807) is 6.20 Å². The van der Waals surface area contributed by atoms with Crippen LogP contribution in [0.25, 0.3) is 0 Å². The molecule has 0 saturated carbocycles. The van der Waals surface area contributed by atoms with Gasteiger partial charge in [-0.15, -0.1) is 0 Å². The van der Waals surface area contributed by atoms with E-state index in [0.29, 0.717) is 6.42 Å². The van der Waals surface area contributed by atoms with Crippen molar-refractivity contribution in [3.63, 3.8) is 0 Å². The molecule has 0 aliphatic rings. The predicted molar refractivity (Wildman–Crippen MR) is 68.7 cm³/mol. The first-order valence-electron chi connectivity index (χ1n) is 6.02. The lowest BCUT2D eigenvalue weighted by molar-refractivity contribution is -0.129. The molecule has 0 amide bonds. The average molecular weight is 237 g/mol. The lowest BCUT2D eigenvalue weighted by Gasteiger charge is -2.37. The minimum Gasteiger partial charge on any atom is -0.335 e. The van der Waals surface area contributed by atoms with Crippen LogP contribution in [-0.4, -0.2) is 20.9 Å². The second-order valence-corrected chi connectivity index (χ2v) is 5.58. The Morgan fingerprint density at radius 3 is 2.47 bits per heavy atom. The number of carbonyl (C=O) groups is 1. The van der Waals surface area contributed by atoms with Crippen molar-refractivity contribution in [2.45, 2.75) is 53.1 Å². The fourth-order valence-electron chi connectivity index (χ4n) is 1.52. The molecular formula is C13H23N3O. The largest absolute Gasteiger partial charge is 0.335 e. The molecule has 0 saturated heterocycles. The Kier molecular flexibility index (Phi) is 3.77.